The highest BCUT2D eigenvalue weighted by Gasteiger charge is 2.40. The Bertz CT molecular complexity index is 594. The quantitative estimate of drug-likeness (QED) is 0.657. The third kappa shape index (κ3) is 1.46. The number of fused-ring (bicyclic) bond motifs is 3. The Labute approximate surface area is 108 Å². The largest absolute Gasteiger partial charge is 0.487 e. The second-order valence-corrected chi connectivity index (χ2v) is 5.79. The second-order valence-electron chi connectivity index (χ2n) is 5.79. The molecule has 0 unspecified atom stereocenters. The SMILES string of the molecule is c1ccc2c3c(ccc2c1)OC1(CCCCC1)C3. The highest BCUT2D eigenvalue weighted by atomic mass is 16.5. The van der Waals surface area contributed by atoms with Gasteiger partial charge in [0, 0.05) is 12.0 Å². The monoisotopic (exact) mass is 238 g/mol. The van der Waals surface area contributed by atoms with E-state index in [9.17, 15) is 0 Å². The summed E-state index contributed by atoms with van der Waals surface area (Å²) in [6.07, 6.45) is 7.61. The molecule has 0 radical (unpaired) electrons. The Morgan fingerprint density at radius 1 is 0.889 bits per heavy atom. The van der Waals surface area contributed by atoms with Gasteiger partial charge in [-0.3, -0.25) is 0 Å². The first-order chi connectivity index (χ1) is 8.86. The Morgan fingerprint density at radius 3 is 2.61 bits per heavy atom. The molecule has 2 aromatic rings. The highest BCUT2D eigenvalue weighted by Crippen LogP contribution is 2.45. The molecule has 1 aliphatic carbocycles. The van der Waals surface area contributed by atoms with Gasteiger partial charge in [-0.15, -0.1) is 0 Å². The molecule has 1 aliphatic heterocycles. The molecule has 0 amide bonds. The van der Waals surface area contributed by atoms with Crippen LogP contribution in [-0.4, -0.2) is 5.60 Å². The fourth-order valence-electron chi connectivity index (χ4n) is 3.66. The first kappa shape index (κ1) is 10.4. The minimum atomic E-state index is 0.130. The van der Waals surface area contributed by atoms with Crippen molar-refractivity contribution in [1.29, 1.82) is 0 Å². The number of rotatable bonds is 0. The first-order valence-electron chi connectivity index (χ1n) is 7.06. The summed E-state index contributed by atoms with van der Waals surface area (Å²) in [5, 5.41) is 2.73. The van der Waals surface area contributed by atoms with Crippen LogP contribution in [0.25, 0.3) is 10.8 Å². The van der Waals surface area contributed by atoms with Crippen molar-refractivity contribution in [3.05, 3.63) is 42.0 Å². The van der Waals surface area contributed by atoms with E-state index in [-0.39, 0.29) is 5.60 Å². The minimum absolute atomic E-state index is 0.130. The predicted molar refractivity (Wildman–Crippen MR) is 74.1 cm³/mol. The summed E-state index contributed by atoms with van der Waals surface area (Å²) in [4.78, 5) is 0. The van der Waals surface area contributed by atoms with Crippen molar-refractivity contribution in [1.82, 2.24) is 0 Å². The average Bonchev–Trinajstić information content (AvgIpc) is 2.78. The fraction of sp³-hybridized carbons (Fsp3) is 0.412. The summed E-state index contributed by atoms with van der Waals surface area (Å²) < 4.78 is 6.34. The van der Waals surface area contributed by atoms with Crippen molar-refractivity contribution in [3.63, 3.8) is 0 Å². The van der Waals surface area contributed by atoms with E-state index in [1.165, 1.54) is 48.4 Å². The summed E-state index contributed by atoms with van der Waals surface area (Å²) in [6, 6.07) is 13.0. The van der Waals surface area contributed by atoms with Crippen LogP contribution in [0.15, 0.2) is 36.4 Å². The molecule has 18 heavy (non-hydrogen) atoms. The van der Waals surface area contributed by atoms with E-state index in [0.717, 1.165) is 12.2 Å². The Morgan fingerprint density at radius 2 is 1.72 bits per heavy atom. The van der Waals surface area contributed by atoms with Crippen LogP contribution in [0.4, 0.5) is 0 Å². The van der Waals surface area contributed by atoms with Crippen molar-refractivity contribution in [3.8, 4) is 5.75 Å². The lowest BCUT2D eigenvalue weighted by Gasteiger charge is -2.32. The van der Waals surface area contributed by atoms with Gasteiger partial charge in [0.1, 0.15) is 11.4 Å². The van der Waals surface area contributed by atoms with Gasteiger partial charge in [-0.05, 0) is 42.5 Å². The molecule has 0 N–H and O–H groups in total. The van der Waals surface area contributed by atoms with E-state index >= 15 is 0 Å². The van der Waals surface area contributed by atoms with Crippen molar-refractivity contribution < 1.29 is 4.74 Å². The summed E-state index contributed by atoms with van der Waals surface area (Å²) in [7, 11) is 0. The van der Waals surface area contributed by atoms with Crippen LogP contribution in [0.2, 0.25) is 0 Å². The molecule has 0 bridgehead atoms. The molecule has 1 saturated carbocycles. The molecule has 0 aromatic heterocycles. The topological polar surface area (TPSA) is 9.23 Å². The van der Waals surface area contributed by atoms with Crippen LogP contribution in [0.1, 0.15) is 37.7 Å². The fourth-order valence-corrected chi connectivity index (χ4v) is 3.66. The molecule has 0 saturated heterocycles. The molecule has 92 valence electrons. The van der Waals surface area contributed by atoms with Gasteiger partial charge in [0.15, 0.2) is 0 Å². The summed E-state index contributed by atoms with van der Waals surface area (Å²) in [5.74, 6) is 1.13. The molecule has 1 heterocycles. The molecule has 1 spiro atoms. The molecule has 0 atom stereocenters. The number of benzene rings is 2. The van der Waals surface area contributed by atoms with Gasteiger partial charge >= 0.3 is 0 Å². The summed E-state index contributed by atoms with van der Waals surface area (Å²) in [5.41, 5.74) is 1.57. The number of ether oxygens (including phenoxy) is 1. The van der Waals surface area contributed by atoms with Gasteiger partial charge in [-0.25, -0.2) is 0 Å². The maximum Gasteiger partial charge on any atom is 0.124 e. The van der Waals surface area contributed by atoms with E-state index in [0.29, 0.717) is 0 Å². The van der Waals surface area contributed by atoms with E-state index in [1.54, 1.807) is 0 Å². The maximum atomic E-state index is 6.34. The predicted octanol–water partition coefficient (Wildman–Crippen LogP) is 4.48. The molecular weight excluding hydrogens is 220 g/mol. The van der Waals surface area contributed by atoms with Crippen LogP contribution in [-0.2, 0) is 6.42 Å². The number of hydrogen-bond acceptors (Lipinski definition) is 1. The third-order valence-corrected chi connectivity index (χ3v) is 4.59. The van der Waals surface area contributed by atoms with Gasteiger partial charge in [-0.2, -0.15) is 0 Å². The van der Waals surface area contributed by atoms with Gasteiger partial charge in [0.25, 0.3) is 0 Å². The lowest BCUT2D eigenvalue weighted by atomic mass is 9.81. The van der Waals surface area contributed by atoms with Crippen molar-refractivity contribution in [2.24, 2.45) is 0 Å². The van der Waals surface area contributed by atoms with Crippen LogP contribution in [0.3, 0.4) is 0 Å². The minimum Gasteiger partial charge on any atom is -0.487 e. The van der Waals surface area contributed by atoms with E-state index in [1.807, 2.05) is 0 Å². The highest BCUT2D eigenvalue weighted by molar-refractivity contribution is 5.88. The molecular formula is C17H18O. The first-order valence-corrected chi connectivity index (χ1v) is 7.06. The average molecular weight is 238 g/mol. The van der Waals surface area contributed by atoms with Gasteiger partial charge < -0.3 is 4.74 Å². The van der Waals surface area contributed by atoms with Crippen molar-refractivity contribution in [2.45, 2.75) is 44.1 Å². The maximum absolute atomic E-state index is 6.34. The Balaban J connectivity index is 1.83. The molecule has 1 nitrogen and oxygen atoms in total. The van der Waals surface area contributed by atoms with Gasteiger partial charge in [0.05, 0.1) is 0 Å². The standard InChI is InChI=1S/C17H18O/c1-4-10-17(11-5-1)12-15-14-7-3-2-6-13(14)8-9-16(15)18-17/h2-3,6-9H,1,4-5,10-12H2. The zero-order chi connectivity index (χ0) is 12.0. The summed E-state index contributed by atoms with van der Waals surface area (Å²) >= 11 is 0. The van der Waals surface area contributed by atoms with Crippen LogP contribution in [0, 0.1) is 0 Å². The van der Waals surface area contributed by atoms with E-state index in [4.69, 9.17) is 4.74 Å². The third-order valence-electron chi connectivity index (χ3n) is 4.59. The zero-order valence-electron chi connectivity index (χ0n) is 10.6. The lowest BCUT2D eigenvalue weighted by Crippen LogP contribution is -2.36. The summed E-state index contributed by atoms with van der Waals surface area (Å²) in [6.45, 7) is 0. The normalized spacial score (nSPS) is 20.9. The van der Waals surface area contributed by atoms with Gasteiger partial charge in [-0.1, -0.05) is 36.8 Å². The molecule has 2 aliphatic rings. The van der Waals surface area contributed by atoms with Gasteiger partial charge in [0.2, 0.25) is 0 Å². The van der Waals surface area contributed by atoms with Crippen LogP contribution in [0.5, 0.6) is 5.75 Å². The number of hydrogen-bond donors (Lipinski definition) is 0. The molecule has 1 heteroatoms. The van der Waals surface area contributed by atoms with E-state index in [2.05, 4.69) is 36.4 Å². The molecule has 2 aromatic carbocycles. The molecule has 1 fully saturated rings. The lowest BCUT2D eigenvalue weighted by molar-refractivity contribution is 0.0529. The zero-order valence-corrected chi connectivity index (χ0v) is 10.6. The smallest absolute Gasteiger partial charge is 0.124 e. The van der Waals surface area contributed by atoms with Crippen LogP contribution < -0.4 is 4.74 Å². The van der Waals surface area contributed by atoms with Crippen molar-refractivity contribution in [2.75, 3.05) is 0 Å². The molecule has 4 rings (SSSR count). The van der Waals surface area contributed by atoms with Crippen molar-refractivity contribution >= 4 is 10.8 Å². The Hall–Kier alpha value is -1.50. The van der Waals surface area contributed by atoms with Crippen LogP contribution >= 0.6 is 0 Å². The second kappa shape index (κ2) is 3.74. The Kier molecular flexibility index (Phi) is 2.17. The van der Waals surface area contributed by atoms with E-state index < -0.39 is 0 Å².